The van der Waals surface area contributed by atoms with Crippen LogP contribution in [-0.2, 0) is 14.8 Å². The van der Waals surface area contributed by atoms with Crippen LogP contribution in [-0.4, -0.2) is 26.6 Å². The highest BCUT2D eigenvalue weighted by Crippen LogP contribution is 2.29. The lowest BCUT2D eigenvalue weighted by atomic mass is 9.98. The molecular formula is C21H28N2O3S. The maximum atomic E-state index is 13.1. The summed E-state index contributed by atoms with van der Waals surface area (Å²) in [5.41, 5.74) is 3.23. The molecule has 146 valence electrons. The summed E-state index contributed by atoms with van der Waals surface area (Å²) in [6.45, 7) is 7.88. The molecule has 6 heteroatoms. The van der Waals surface area contributed by atoms with Gasteiger partial charge in [-0.15, -0.1) is 0 Å². The van der Waals surface area contributed by atoms with Crippen molar-refractivity contribution in [2.24, 2.45) is 0 Å². The highest BCUT2D eigenvalue weighted by atomic mass is 32.2. The van der Waals surface area contributed by atoms with E-state index in [2.05, 4.69) is 19.2 Å². The first-order valence-corrected chi connectivity index (χ1v) is 11.0. The van der Waals surface area contributed by atoms with E-state index in [1.165, 1.54) is 4.31 Å². The second-order valence-electron chi connectivity index (χ2n) is 7.00. The fourth-order valence-corrected chi connectivity index (χ4v) is 4.40. The van der Waals surface area contributed by atoms with Crippen LogP contribution in [0.3, 0.4) is 0 Å². The number of hydrogen-bond acceptors (Lipinski definition) is 3. The Morgan fingerprint density at radius 2 is 1.70 bits per heavy atom. The van der Waals surface area contributed by atoms with Crippen LogP contribution in [0.25, 0.3) is 0 Å². The van der Waals surface area contributed by atoms with Crippen molar-refractivity contribution in [1.82, 2.24) is 0 Å². The van der Waals surface area contributed by atoms with E-state index in [0.717, 1.165) is 23.1 Å². The summed E-state index contributed by atoms with van der Waals surface area (Å²) in [6.07, 6.45) is 1.49. The van der Waals surface area contributed by atoms with E-state index in [-0.39, 0.29) is 11.8 Å². The van der Waals surface area contributed by atoms with Gasteiger partial charge in [0, 0.05) is 5.69 Å². The minimum Gasteiger partial charge on any atom is -0.324 e. The molecule has 0 heterocycles. The van der Waals surface area contributed by atoms with Crippen molar-refractivity contribution in [2.75, 3.05) is 15.9 Å². The highest BCUT2D eigenvalue weighted by Gasteiger charge is 2.32. The number of carbonyl (C=O) groups excluding carboxylic acids is 1. The Morgan fingerprint density at radius 1 is 1.07 bits per heavy atom. The first-order valence-electron chi connectivity index (χ1n) is 9.11. The molecule has 0 aromatic heterocycles. The van der Waals surface area contributed by atoms with Crippen LogP contribution in [0.4, 0.5) is 11.4 Å². The highest BCUT2D eigenvalue weighted by molar-refractivity contribution is 7.92. The normalized spacial score (nSPS) is 12.7. The van der Waals surface area contributed by atoms with E-state index in [9.17, 15) is 13.2 Å². The number of nitrogens with zero attached hydrogens (tertiary/aromatic N) is 1. The Bertz CT molecular complexity index is 893. The zero-order valence-corrected chi connectivity index (χ0v) is 17.4. The van der Waals surface area contributed by atoms with E-state index >= 15 is 0 Å². The third-order valence-corrected chi connectivity index (χ3v) is 5.70. The van der Waals surface area contributed by atoms with Crippen molar-refractivity contribution >= 4 is 27.3 Å². The van der Waals surface area contributed by atoms with Crippen LogP contribution >= 0.6 is 0 Å². The minimum absolute atomic E-state index is 0.236. The van der Waals surface area contributed by atoms with Crippen LogP contribution in [0, 0.1) is 6.92 Å². The predicted octanol–water partition coefficient (Wildman–Crippen LogP) is 4.30. The van der Waals surface area contributed by atoms with Crippen LogP contribution in [0.5, 0.6) is 0 Å². The molecule has 0 spiro atoms. The Labute approximate surface area is 162 Å². The number of anilines is 2. The lowest BCUT2D eigenvalue weighted by Crippen LogP contribution is -2.47. The van der Waals surface area contributed by atoms with Crippen molar-refractivity contribution in [3.63, 3.8) is 0 Å². The van der Waals surface area contributed by atoms with E-state index in [0.29, 0.717) is 12.1 Å². The summed E-state index contributed by atoms with van der Waals surface area (Å²) in [4.78, 5) is 13.1. The molecule has 0 saturated heterocycles. The fraction of sp³-hybridized carbons (Fsp3) is 0.381. The second kappa shape index (κ2) is 8.57. The molecule has 2 rings (SSSR count). The fourth-order valence-electron chi connectivity index (χ4n) is 3.18. The molecule has 0 fully saturated rings. The first kappa shape index (κ1) is 21.0. The summed E-state index contributed by atoms with van der Waals surface area (Å²) in [7, 11) is -3.63. The molecule has 0 aliphatic heterocycles. The van der Waals surface area contributed by atoms with Gasteiger partial charge in [-0.05, 0) is 42.5 Å². The summed E-state index contributed by atoms with van der Waals surface area (Å²) in [5, 5.41) is 2.99. The average Bonchev–Trinajstić information content (AvgIpc) is 2.60. The smallest absolute Gasteiger partial charge is 0.248 e. The summed E-state index contributed by atoms with van der Waals surface area (Å²) >= 11 is 0. The molecule has 0 radical (unpaired) electrons. The lowest BCUT2D eigenvalue weighted by Gasteiger charge is -2.30. The predicted molar refractivity (Wildman–Crippen MR) is 112 cm³/mol. The topological polar surface area (TPSA) is 66.5 Å². The zero-order valence-electron chi connectivity index (χ0n) is 16.6. The van der Waals surface area contributed by atoms with Gasteiger partial charge in [0.2, 0.25) is 15.9 Å². The molecule has 5 nitrogen and oxygen atoms in total. The maximum Gasteiger partial charge on any atom is 0.248 e. The Balaban J connectivity index is 2.44. The number of para-hydroxylation sites is 2. The number of amides is 1. The molecule has 2 aromatic rings. The average molecular weight is 389 g/mol. The van der Waals surface area contributed by atoms with Gasteiger partial charge in [-0.3, -0.25) is 9.10 Å². The molecule has 0 unspecified atom stereocenters. The third-order valence-electron chi connectivity index (χ3n) is 4.52. The van der Waals surface area contributed by atoms with E-state index in [1.54, 1.807) is 24.3 Å². The number of aryl methyl sites for hydroxylation is 1. The number of rotatable bonds is 7. The summed E-state index contributed by atoms with van der Waals surface area (Å²) in [5.74, 6) is -0.0941. The Hall–Kier alpha value is -2.34. The standard InChI is InChI=1S/C21H28N2O3S/c1-6-19(23(27(5,25)26)17-12-8-7-9-13-17)21(24)22-20-16(4)11-10-14-18(20)15(2)3/h7-15,19H,6H2,1-5H3,(H,22,24)/t19-/m1/s1. The van der Waals surface area contributed by atoms with Crippen molar-refractivity contribution in [3.05, 3.63) is 59.7 Å². The van der Waals surface area contributed by atoms with Crippen molar-refractivity contribution < 1.29 is 13.2 Å². The van der Waals surface area contributed by atoms with Gasteiger partial charge in [-0.1, -0.05) is 57.2 Å². The number of sulfonamides is 1. The molecule has 1 atom stereocenters. The van der Waals surface area contributed by atoms with Gasteiger partial charge in [-0.2, -0.15) is 0 Å². The quantitative estimate of drug-likeness (QED) is 0.769. The summed E-state index contributed by atoms with van der Waals surface area (Å²) in [6, 6.07) is 13.8. The number of hydrogen-bond donors (Lipinski definition) is 1. The molecule has 1 amide bonds. The first-order chi connectivity index (χ1) is 12.7. The van der Waals surface area contributed by atoms with Crippen LogP contribution in [0.1, 0.15) is 44.2 Å². The van der Waals surface area contributed by atoms with Crippen LogP contribution in [0.2, 0.25) is 0 Å². The summed E-state index contributed by atoms with van der Waals surface area (Å²) < 4.78 is 26.2. The number of carbonyl (C=O) groups is 1. The van der Waals surface area contributed by atoms with E-state index < -0.39 is 16.1 Å². The van der Waals surface area contributed by atoms with Gasteiger partial charge < -0.3 is 5.32 Å². The molecular weight excluding hydrogens is 360 g/mol. The molecule has 27 heavy (non-hydrogen) atoms. The lowest BCUT2D eigenvalue weighted by molar-refractivity contribution is -0.117. The Kier molecular flexibility index (Phi) is 6.65. The molecule has 0 bridgehead atoms. The van der Waals surface area contributed by atoms with Gasteiger partial charge in [0.1, 0.15) is 6.04 Å². The number of benzene rings is 2. The molecule has 1 N–H and O–H groups in total. The number of nitrogens with one attached hydrogen (secondary N) is 1. The second-order valence-corrected chi connectivity index (χ2v) is 8.86. The Morgan fingerprint density at radius 3 is 2.22 bits per heavy atom. The van der Waals surface area contributed by atoms with Gasteiger partial charge in [0.25, 0.3) is 0 Å². The van der Waals surface area contributed by atoms with Crippen LogP contribution < -0.4 is 9.62 Å². The molecule has 0 saturated carbocycles. The van der Waals surface area contributed by atoms with Gasteiger partial charge >= 0.3 is 0 Å². The van der Waals surface area contributed by atoms with Crippen molar-refractivity contribution in [1.29, 1.82) is 0 Å². The molecule has 0 aliphatic carbocycles. The third kappa shape index (κ3) is 4.89. The van der Waals surface area contributed by atoms with Crippen molar-refractivity contribution in [2.45, 2.75) is 46.1 Å². The largest absolute Gasteiger partial charge is 0.324 e. The maximum absolute atomic E-state index is 13.1. The van der Waals surface area contributed by atoms with Crippen molar-refractivity contribution in [3.8, 4) is 0 Å². The SMILES string of the molecule is CC[C@H](C(=O)Nc1c(C)cccc1C(C)C)N(c1ccccc1)S(C)(=O)=O. The van der Waals surface area contributed by atoms with Gasteiger partial charge in [-0.25, -0.2) is 8.42 Å². The molecule has 0 aliphatic rings. The van der Waals surface area contributed by atoms with Crippen LogP contribution in [0.15, 0.2) is 48.5 Å². The molecule has 2 aromatic carbocycles. The minimum atomic E-state index is -3.63. The van der Waals surface area contributed by atoms with E-state index in [4.69, 9.17) is 0 Å². The zero-order chi connectivity index (χ0) is 20.2. The van der Waals surface area contributed by atoms with Gasteiger partial charge in [0.15, 0.2) is 0 Å². The van der Waals surface area contributed by atoms with Gasteiger partial charge in [0.05, 0.1) is 11.9 Å². The van der Waals surface area contributed by atoms with E-state index in [1.807, 2.05) is 38.1 Å². The monoisotopic (exact) mass is 388 g/mol.